The van der Waals surface area contributed by atoms with Crippen molar-refractivity contribution in [1.82, 2.24) is 10.7 Å². The van der Waals surface area contributed by atoms with Crippen LogP contribution in [-0.4, -0.2) is 11.3 Å². The van der Waals surface area contributed by atoms with Crippen LogP contribution in [0.3, 0.4) is 0 Å². The van der Waals surface area contributed by atoms with Crippen molar-refractivity contribution < 1.29 is 4.74 Å². The number of nitrogens with zero attached hydrogens (tertiary/aromatic N) is 1. The number of ether oxygens (including phenoxy) is 1. The van der Waals surface area contributed by atoms with E-state index in [-0.39, 0.29) is 0 Å². The highest BCUT2D eigenvalue weighted by Crippen LogP contribution is 2.23. The molecule has 148 valence electrons. The van der Waals surface area contributed by atoms with E-state index in [9.17, 15) is 0 Å². The molecule has 2 N–H and O–H groups in total. The third kappa shape index (κ3) is 7.06. The number of hydrazone groups is 1. The molecule has 0 unspecified atom stereocenters. The number of halogens is 2. The van der Waals surface area contributed by atoms with E-state index >= 15 is 0 Å². The Bertz CT molecular complexity index is 996. The summed E-state index contributed by atoms with van der Waals surface area (Å²) in [5.41, 5.74) is 5.70. The summed E-state index contributed by atoms with van der Waals surface area (Å²) in [6.45, 7) is 0.987. The number of hydrogen-bond acceptors (Lipinski definition) is 3. The highest BCUT2D eigenvalue weighted by molar-refractivity contribution is 7.80. The van der Waals surface area contributed by atoms with Crippen molar-refractivity contribution >= 4 is 46.7 Å². The van der Waals surface area contributed by atoms with Crippen molar-refractivity contribution in [2.45, 2.75) is 13.2 Å². The summed E-state index contributed by atoms with van der Waals surface area (Å²) in [7, 11) is 0. The summed E-state index contributed by atoms with van der Waals surface area (Å²) in [6, 6.07) is 22.9. The van der Waals surface area contributed by atoms with Crippen LogP contribution >= 0.6 is 35.4 Å². The second-order valence-electron chi connectivity index (χ2n) is 6.14. The summed E-state index contributed by atoms with van der Waals surface area (Å²) in [5.74, 6) is 0.713. The smallest absolute Gasteiger partial charge is 0.187 e. The number of thiocarbonyl (C=S) groups is 1. The molecule has 7 heteroatoms. The summed E-state index contributed by atoms with van der Waals surface area (Å²) in [4.78, 5) is 0. The van der Waals surface area contributed by atoms with Gasteiger partial charge in [0.05, 0.1) is 6.21 Å². The average Bonchev–Trinajstić information content (AvgIpc) is 2.73. The SMILES string of the molecule is S=C(NCc1ccccc1)N/N=C/c1cccc(OCc2ccc(Cl)cc2Cl)c1. The van der Waals surface area contributed by atoms with Crippen LogP contribution in [0, 0.1) is 0 Å². The van der Waals surface area contributed by atoms with Crippen LogP contribution < -0.4 is 15.5 Å². The van der Waals surface area contributed by atoms with E-state index < -0.39 is 0 Å². The third-order valence-electron chi connectivity index (χ3n) is 3.94. The zero-order chi connectivity index (χ0) is 20.5. The molecule has 0 atom stereocenters. The van der Waals surface area contributed by atoms with Crippen LogP contribution in [0.25, 0.3) is 0 Å². The maximum absolute atomic E-state index is 6.18. The largest absolute Gasteiger partial charge is 0.489 e. The molecule has 3 aromatic rings. The molecule has 29 heavy (non-hydrogen) atoms. The van der Waals surface area contributed by atoms with Gasteiger partial charge < -0.3 is 10.1 Å². The topological polar surface area (TPSA) is 45.7 Å². The van der Waals surface area contributed by atoms with Gasteiger partial charge in [0.15, 0.2) is 5.11 Å². The molecule has 0 amide bonds. The van der Waals surface area contributed by atoms with Crippen molar-refractivity contribution in [3.8, 4) is 5.75 Å². The fourth-order valence-corrected chi connectivity index (χ4v) is 3.06. The average molecular weight is 444 g/mol. The van der Waals surface area contributed by atoms with E-state index in [1.54, 1.807) is 18.3 Å². The van der Waals surface area contributed by atoms with Gasteiger partial charge in [-0.25, -0.2) is 0 Å². The van der Waals surface area contributed by atoms with Gasteiger partial charge in [0.2, 0.25) is 0 Å². The molecule has 0 bridgehead atoms. The van der Waals surface area contributed by atoms with Crippen LogP contribution in [0.1, 0.15) is 16.7 Å². The molecule has 0 aliphatic carbocycles. The molecule has 0 aliphatic heterocycles. The summed E-state index contributed by atoms with van der Waals surface area (Å²) in [5, 5.41) is 8.90. The number of hydrogen-bond donors (Lipinski definition) is 2. The first-order valence-corrected chi connectivity index (χ1v) is 10.0. The molecule has 0 saturated heterocycles. The highest BCUT2D eigenvalue weighted by Gasteiger charge is 2.03. The Morgan fingerprint density at radius 2 is 1.83 bits per heavy atom. The minimum atomic E-state index is 0.350. The molecular formula is C22H19Cl2N3OS. The van der Waals surface area contributed by atoms with Crippen molar-refractivity contribution in [2.24, 2.45) is 5.10 Å². The maximum Gasteiger partial charge on any atom is 0.187 e. The van der Waals surface area contributed by atoms with E-state index in [2.05, 4.69) is 15.8 Å². The highest BCUT2D eigenvalue weighted by atomic mass is 35.5. The van der Waals surface area contributed by atoms with Crippen LogP contribution in [0.15, 0.2) is 77.9 Å². The standard InChI is InChI=1S/C22H19Cl2N3OS/c23-19-10-9-18(21(24)12-19)15-28-20-8-4-7-17(11-20)14-26-27-22(29)25-13-16-5-2-1-3-6-16/h1-12,14H,13,15H2,(H2,25,27,29)/b26-14+. The Balaban J connectivity index is 1.49. The molecule has 3 rings (SSSR count). The van der Waals surface area contributed by atoms with Crippen LogP contribution in [0.2, 0.25) is 10.0 Å². The van der Waals surface area contributed by atoms with Gasteiger partial charge in [-0.05, 0) is 47.6 Å². The Labute approximate surface area is 185 Å². The molecule has 0 heterocycles. The second-order valence-corrected chi connectivity index (χ2v) is 7.39. The third-order valence-corrected chi connectivity index (χ3v) is 4.77. The number of benzene rings is 3. The molecule has 0 aliphatic rings. The fourth-order valence-electron chi connectivity index (χ4n) is 2.47. The summed E-state index contributed by atoms with van der Waals surface area (Å²) < 4.78 is 5.82. The van der Waals surface area contributed by atoms with Gasteiger partial charge in [-0.2, -0.15) is 5.10 Å². The maximum atomic E-state index is 6.18. The van der Waals surface area contributed by atoms with Crippen molar-refractivity contribution in [2.75, 3.05) is 0 Å². The predicted molar refractivity (Wildman–Crippen MR) is 124 cm³/mol. The van der Waals surface area contributed by atoms with Gasteiger partial charge in [0.1, 0.15) is 12.4 Å². The summed E-state index contributed by atoms with van der Waals surface area (Å²) >= 11 is 17.3. The Morgan fingerprint density at radius 1 is 1.00 bits per heavy atom. The lowest BCUT2D eigenvalue weighted by Gasteiger charge is -2.09. The Kier molecular flexibility index (Phi) is 7.87. The van der Waals surface area contributed by atoms with Gasteiger partial charge in [-0.15, -0.1) is 0 Å². The fraction of sp³-hybridized carbons (Fsp3) is 0.0909. The molecule has 0 spiro atoms. The Hall–Kier alpha value is -2.60. The molecule has 3 aromatic carbocycles. The van der Waals surface area contributed by atoms with Crippen molar-refractivity contribution in [1.29, 1.82) is 0 Å². The first-order valence-electron chi connectivity index (χ1n) is 8.88. The molecule has 0 radical (unpaired) electrons. The van der Waals surface area contributed by atoms with Crippen LogP contribution in [0.5, 0.6) is 5.75 Å². The molecule has 0 saturated carbocycles. The van der Waals surface area contributed by atoms with E-state index in [4.69, 9.17) is 40.2 Å². The number of nitrogens with one attached hydrogen (secondary N) is 2. The van der Waals surface area contributed by atoms with Gasteiger partial charge in [0.25, 0.3) is 0 Å². The van der Waals surface area contributed by atoms with E-state index in [1.807, 2.05) is 60.7 Å². The minimum Gasteiger partial charge on any atom is -0.489 e. The summed E-state index contributed by atoms with van der Waals surface area (Å²) in [6.07, 6.45) is 1.68. The quantitative estimate of drug-likeness (QED) is 0.284. The van der Waals surface area contributed by atoms with E-state index in [0.717, 1.165) is 16.7 Å². The van der Waals surface area contributed by atoms with E-state index in [1.165, 1.54) is 0 Å². The first-order chi connectivity index (χ1) is 14.1. The molecule has 0 aromatic heterocycles. The minimum absolute atomic E-state index is 0.350. The van der Waals surface area contributed by atoms with Gasteiger partial charge in [0, 0.05) is 22.2 Å². The van der Waals surface area contributed by atoms with Crippen LogP contribution in [0.4, 0.5) is 0 Å². The zero-order valence-electron chi connectivity index (χ0n) is 15.4. The lowest BCUT2D eigenvalue weighted by molar-refractivity contribution is 0.306. The van der Waals surface area contributed by atoms with E-state index in [0.29, 0.717) is 34.1 Å². The lowest BCUT2D eigenvalue weighted by Crippen LogP contribution is -2.31. The molecule has 4 nitrogen and oxygen atoms in total. The lowest BCUT2D eigenvalue weighted by atomic mass is 10.2. The monoisotopic (exact) mass is 443 g/mol. The molecule has 0 fully saturated rings. The van der Waals surface area contributed by atoms with Crippen molar-refractivity contribution in [3.63, 3.8) is 0 Å². The van der Waals surface area contributed by atoms with Crippen molar-refractivity contribution in [3.05, 3.63) is 99.5 Å². The van der Waals surface area contributed by atoms with Gasteiger partial charge in [-0.1, -0.05) is 71.7 Å². The Morgan fingerprint density at radius 3 is 2.62 bits per heavy atom. The normalized spacial score (nSPS) is 10.7. The molecular weight excluding hydrogens is 425 g/mol. The predicted octanol–water partition coefficient (Wildman–Crippen LogP) is 5.57. The number of rotatable bonds is 7. The second kappa shape index (κ2) is 10.8. The zero-order valence-corrected chi connectivity index (χ0v) is 17.8. The first kappa shape index (κ1) is 21.1. The van der Waals surface area contributed by atoms with Crippen LogP contribution in [-0.2, 0) is 13.2 Å². The van der Waals surface area contributed by atoms with Gasteiger partial charge in [-0.3, -0.25) is 5.43 Å². The van der Waals surface area contributed by atoms with Gasteiger partial charge >= 0.3 is 0 Å².